The number of benzene rings is 2. The Balaban J connectivity index is 1.96. The molecule has 0 fully saturated rings. The van der Waals surface area contributed by atoms with E-state index < -0.39 is 41.7 Å². The fourth-order valence-corrected chi connectivity index (χ4v) is 3.65. The van der Waals surface area contributed by atoms with Crippen molar-refractivity contribution in [2.24, 2.45) is 5.41 Å². The van der Waals surface area contributed by atoms with Gasteiger partial charge in [-0.25, -0.2) is 4.39 Å². The van der Waals surface area contributed by atoms with E-state index in [1.54, 1.807) is 12.1 Å². The van der Waals surface area contributed by atoms with Crippen molar-refractivity contribution in [3.8, 4) is 11.6 Å². The summed E-state index contributed by atoms with van der Waals surface area (Å²) in [6.07, 6.45) is -1.33. The molecule has 0 aliphatic heterocycles. The number of aliphatic hydroxyl groups is 1. The molecule has 8 nitrogen and oxygen atoms in total. The van der Waals surface area contributed by atoms with Crippen LogP contribution in [0.15, 0.2) is 48.5 Å². The molecule has 1 amide bonds. The van der Waals surface area contributed by atoms with Crippen molar-refractivity contribution >= 4 is 35.1 Å². The number of halogens is 3. The largest absolute Gasteiger partial charge is 0.481 e. The summed E-state index contributed by atoms with van der Waals surface area (Å²) in [7, 11) is 0. The molecule has 192 valence electrons. The fourth-order valence-electron chi connectivity index (χ4n) is 3.22. The first-order valence-electron chi connectivity index (χ1n) is 11.0. The maximum Gasteiger partial charge on any atom is 0.305 e. The summed E-state index contributed by atoms with van der Waals surface area (Å²) in [6.45, 7) is 5.36. The average molecular weight is 538 g/mol. The number of carboxylic acids is 1. The molecule has 36 heavy (non-hydrogen) atoms. The van der Waals surface area contributed by atoms with E-state index >= 15 is 0 Å². The Morgan fingerprint density at radius 2 is 1.86 bits per heavy atom. The van der Waals surface area contributed by atoms with Crippen LogP contribution in [0, 0.1) is 11.2 Å². The van der Waals surface area contributed by atoms with Crippen LogP contribution in [0.5, 0.6) is 5.88 Å². The Morgan fingerprint density at radius 1 is 1.17 bits per heavy atom. The number of aromatic nitrogens is 2. The van der Waals surface area contributed by atoms with Crippen LogP contribution in [0.4, 0.5) is 4.39 Å². The third kappa shape index (κ3) is 6.75. The van der Waals surface area contributed by atoms with Gasteiger partial charge in [0.25, 0.3) is 5.91 Å². The number of hydrogen-bond acceptors (Lipinski definition) is 5. The molecule has 3 aromatic rings. The highest BCUT2D eigenvalue weighted by Crippen LogP contribution is 2.29. The van der Waals surface area contributed by atoms with Gasteiger partial charge < -0.3 is 20.3 Å². The van der Waals surface area contributed by atoms with Gasteiger partial charge in [-0.2, -0.15) is 9.78 Å². The molecule has 11 heteroatoms. The summed E-state index contributed by atoms with van der Waals surface area (Å²) in [5.74, 6) is -2.51. The van der Waals surface area contributed by atoms with Gasteiger partial charge in [0.05, 0.1) is 18.6 Å². The summed E-state index contributed by atoms with van der Waals surface area (Å²) in [4.78, 5) is 24.6. The van der Waals surface area contributed by atoms with E-state index in [4.69, 9.17) is 27.9 Å². The van der Waals surface area contributed by atoms with Crippen LogP contribution in [-0.4, -0.2) is 44.6 Å². The fraction of sp³-hybridized carbons (Fsp3) is 0.320. The molecule has 1 aromatic heterocycles. The number of carboxylic acid groups (broad SMARTS) is 1. The Morgan fingerprint density at radius 3 is 2.50 bits per heavy atom. The van der Waals surface area contributed by atoms with Gasteiger partial charge in [-0.1, -0.05) is 56.1 Å². The zero-order valence-corrected chi connectivity index (χ0v) is 21.3. The van der Waals surface area contributed by atoms with Crippen molar-refractivity contribution in [3.63, 3.8) is 0 Å². The quantitative estimate of drug-likeness (QED) is 0.352. The number of ether oxygens (including phenoxy) is 1. The first kappa shape index (κ1) is 27.4. The second kappa shape index (κ2) is 11.3. The number of aliphatic hydroxyl groups excluding tert-OH is 1. The monoisotopic (exact) mass is 537 g/mol. The minimum atomic E-state index is -1.17. The maximum atomic E-state index is 14.6. The molecule has 0 saturated heterocycles. The van der Waals surface area contributed by atoms with Gasteiger partial charge in [0.1, 0.15) is 18.1 Å². The highest BCUT2D eigenvalue weighted by Gasteiger charge is 2.27. The van der Waals surface area contributed by atoms with Crippen molar-refractivity contribution < 1.29 is 28.9 Å². The lowest BCUT2D eigenvalue weighted by atomic mass is 9.90. The SMILES string of the molecule is CC(C)(C)[C@@H](O)COc1cc(C(=O)N[C@@H](CC(=O)O)c2cc(Cl)ccc2Cl)nn1-c1ccccc1F. The molecule has 1 heterocycles. The number of rotatable bonds is 9. The standard InChI is InChI=1S/C25H26Cl2FN3O5/c1-25(2,3)21(32)13-36-22-11-19(30-31(22)20-7-5-4-6-17(20)28)24(35)29-18(12-23(33)34)15-10-14(26)8-9-16(15)27/h4-11,18,21,32H,12-13H2,1-3H3,(H,29,35)(H,33,34)/t18-,21-/m0/s1. The van der Waals surface area contributed by atoms with Gasteiger partial charge >= 0.3 is 5.97 Å². The summed E-state index contributed by atoms with van der Waals surface area (Å²) in [6, 6.07) is 10.6. The molecule has 0 aliphatic carbocycles. The molecular weight excluding hydrogens is 512 g/mol. The maximum absolute atomic E-state index is 14.6. The van der Waals surface area contributed by atoms with E-state index in [1.807, 2.05) is 20.8 Å². The lowest BCUT2D eigenvalue weighted by molar-refractivity contribution is -0.137. The van der Waals surface area contributed by atoms with E-state index in [1.165, 1.54) is 36.4 Å². The highest BCUT2D eigenvalue weighted by atomic mass is 35.5. The van der Waals surface area contributed by atoms with Gasteiger partial charge in [0, 0.05) is 16.1 Å². The minimum Gasteiger partial charge on any atom is -0.481 e. The smallest absolute Gasteiger partial charge is 0.305 e. The molecule has 3 N–H and O–H groups in total. The average Bonchev–Trinajstić information content (AvgIpc) is 3.22. The predicted molar refractivity (Wildman–Crippen MR) is 133 cm³/mol. The van der Waals surface area contributed by atoms with Crippen molar-refractivity contribution in [1.29, 1.82) is 0 Å². The lowest BCUT2D eigenvalue weighted by Gasteiger charge is -2.25. The predicted octanol–water partition coefficient (Wildman–Crippen LogP) is 5.05. The number of hydrogen-bond donors (Lipinski definition) is 3. The van der Waals surface area contributed by atoms with E-state index in [9.17, 15) is 24.2 Å². The lowest BCUT2D eigenvalue weighted by Crippen LogP contribution is -2.32. The first-order valence-corrected chi connectivity index (χ1v) is 11.8. The number of amides is 1. The third-order valence-corrected chi connectivity index (χ3v) is 5.98. The number of nitrogens with one attached hydrogen (secondary N) is 1. The van der Waals surface area contributed by atoms with E-state index in [0.29, 0.717) is 10.6 Å². The number of nitrogens with zero attached hydrogens (tertiary/aromatic N) is 2. The molecule has 3 rings (SSSR count). The zero-order valence-electron chi connectivity index (χ0n) is 19.8. The van der Waals surface area contributed by atoms with Gasteiger partial charge in [0.2, 0.25) is 5.88 Å². The summed E-state index contributed by atoms with van der Waals surface area (Å²) in [5, 5.41) is 27.1. The van der Waals surface area contributed by atoms with E-state index in [-0.39, 0.29) is 28.9 Å². The Kier molecular flexibility index (Phi) is 8.60. The van der Waals surface area contributed by atoms with Gasteiger partial charge in [0.15, 0.2) is 5.69 Å². The molecule has 2 atom stereocenters. The Labute approximate surface area is 217 Å². The van der Waals surface area contributed by atoms with E-state index in [0.717, 1.165) is 4.68 Å². The van der Waals surface area contributed by atoms with Crippen LogP contribution in [0.2, 0.25) is 10.0 Å². The van der Waals surface area contributed by atoms with Crippen molar-refractivity contribution in [3.05, 3.63) is 75.7 Å². The number of carbonyl (C=O) groups is 2. The van der Waals surface area contributed by atoms with Crippen molar-refractivity contribution in [2.45, 2.75) is 39.3 Å². The Bertz CT molecular complexity index is 1260. The van der Waals surface area contributed by atoms with E-state index in [2.05, 4.69) is 10.4 Å². The second-order valence-electron chi connectivity index (χ2n) is 9.21. The molecule has 2 aromatic carbocycles. The topological polar surface area (TPSA) is 114 Å². The van der Waals surface area contributed by atoms with Gasteiger partial charge in [-0.05, 0) is 41.3 Å². The number of para-hydroxylation sites is 1. The molecule has 0 bridgehead atoms. The molecule has 0 saturated carbocycles. The number of carbonyl (C=O) groups excluding carboxylic acids is 1. The van der Waals surface area contributed by atoms with Crippen LogP contribution in [0.25, 0.3) is 5.69 Å². The van der Waals surface area contributed by atoms with Crippen LogP contribution < -0.4 is 10.1 Å². The van der Waals surface area contributed by atoms with Crippen LogP contribution in [0.3, 0.4) is 0 Å². The Hall–Kier alpha value is -3.14. The van der Waals surface area contributed by atoms with Crippen LogP contribution in [-0.2, 0) is 4.79 Å². The zero-order chi connectivity index (χ0) is 26.6. The van der Waals surface area contributed by atoms with Gasteiger partial charge in [-0.15, -0.1) is 0 Å². The third-order valence-electron chi connectivity index (χ3n) is 5.40. The summed E-state index contributed by atoms with van der Waals surface area (Å²) < 4.78 is 21.4. The number of aliphatic carboxylic acids is 1. The summed E-state index contributed by atoms with van der Waals surface area (Å²) >= 11 is 12.3. The molecule has 0 aliphatic rings. The highest BCUT2D eigenvalue weighted by molar-refractivity contribution is 6.33. The molecule has 0 unspecified atom stereocenters. The molecule has 0 spiro atoms. The van der Waals surface area contributed by atoms with Crippen LogP contribution >= 0.6 is 23.2 Å². The van der Waals surface area contributed by atoms with Crippen molar-refractivity contribution in [2.75, 3.05) is 6.61 Å². The first-order chi connectivity index (χ1) is 16.9. The minimum absolute atomic E-state index is 0.0177. The normalized spacial score (nSPS) is 13.2. The van der Waals surface area contributed by atoms with Crippen LogP contribution in [0.1, 0.15) is 49.3 Å². The molecule has 0 radical (unpaired) electrons. The second-order valence-corrected chi connectivity index (χ2v) is 10.1. The van der Waals surface area contributed by atoms with Crippen molar-refractivity contribution in [1.82, 2.24) is 15.1 Å². The molecular formula is C25H26Cl2FN3O5. The summed E-state index contributed by atoms with van der Waals surface area (Å²) in [5.41, 5.74) is -0.300. The van der Waals surface area contributed by atoms with Gasteiger partial charge in [-0.3, -0.25) is 9.59 Å².